The number of halogens is 1. The lowest BCUT2D eigenvalue weighted by Gasteiger charge is -2.32. The maximum absolute atomic E-state index is 13.2. The number of carbonyl (C=O) groups is 1. The molecule has 7 heteroatoms. The van der Waals surface area contributed by atoms with E-state index in [1.54, 1.807) is 32.4 Å². The molecule has 3 aromatic rings. The zero-order valence-corrected chi connectivity index (χ0v) is 18.5. The number of carbonyl (C=O) groups excluding carboxylic acids is 1. The van der Waals surface area contributed by atoms with Crippen LogP contribution >= 0.6 is 11.6 Å². The number of Topliss-reactive ketones (excluding diaryl/α,β-unsaturated/α-hetero) is 1. The van der Waals surface area contributed by atoms with Crippen LogP contribution in [0.5, 0.6) is 11.5 Å². The van der Waals surface area contributed by atoms with E-state index < -0.39 is 0 Å². The molecule has 1 aliphatic heterocycles. The van der Waals surface area contributed by atoms with E-state index in [1.165, 1.54) is 0 Å². The summed E-state index contributed by atoms with van der Waals surface area (Å²) in [5.74, 6) is 2.33. The number of benzene rings is 2. The van der Waals surface area contributed by atoms with Gasteiger partial charge in [0.1, 0.15) is 17.3 Å². The molecule has 1 aliphatic rings. The number of piperidine rings is 1. The summed E-state index contributed by atoms with van der Waals surface area (Å²) in [5.41, 5.74) is 1.59. The number of hydrogen-bond acceptors (Lipinski definition) is 5. The fourth-order valence-corrected chi connectivity index (χ4v) is 4.31. The van der Waals surface area contributed by atoms with Crippen molar-refractivity contribution in [1.29, 1.82) is 0 Å². The number of methoxy groups -OCH3 is 2. The second-order valence-corrected chi connectivity index (χ2v) is 8.13. The first-order chi connectivity index (χ1) is 15.1. The Hall–Kier alpha value is -2.83. The number of rotatable bonds is 7. The Morgan fingerprint density at radius 1 is 1.16 bits per heavy atom. The average molecular weight is 440 g/mol. The van der Waals surface area contributed by atoms with Gasteiger partial charge in [-0.05, 0) is 61.9 Å². The van der Waals surface area contributed by atoms with E-state index in [-0.39, 0.29) is 11.7 Å². The number of ether oxygens (including phenoxy) is 2. The van der Waals surface area contributed by atoms with Gasteiger partial charge >= 0.3 is 0 Å². The minimum atomic E-state index is -0.0921. The molecule has 1 fully saturated rings. The molecule has 162 valence electrons. The zero-order chi connectivity index (χ0) is 21.8. The minimum Gasteiger partial charge on any atom is -0.497 e. The molecule has 0 bridgehead atoms. The van der Waals surface area contributed by atoms with Crippen LogP contribution in [-0.4, -0.2) is 47.5 Å². The van der Waals surface area contributed by atoms with Gasteiger partial charge in [0.15, 0.2) is 5.78 Å². The van der Waals surface area contributed by atoms with E-state index in [0.29, 0.717) is 29.4 Å². The van der Waals surface area contributed by atoms with Crippen LogP contribution in [-0.2, 0) is 6.54 Å². The van der Waals surface area contributed by atoms with Crippen molar-refractivity contribution in [3.8, 4) is 17.2 Å². The summed E-state index contributed by atoms with van der Waals surface area (Å²) in [6.45, 7) is 2.30. The average Bonchev–Trinajstić information content (AvgIpc) is 3.26. The molecule has 4 rings (SSSR count). The molecule has 6 nitrogen and oxygen atoms in total. The lowest BCUT2D eigenvalue weighted by atomic mass is 9.89. The molecule has 0 aliphatic carbocycles. The predicted molar refractivity (Wildman–Crippen MR) is 120 cm³/mol. The van der Waals surface area contributed by atoms with Crippen molar-refractivity contribution < 1.29 is 14.3 Å². The largest absolute Gasteiger partial charge is 0.497 e. The smallest absolute Gasteiger partial charge is 0.170 e. The number of nitrogens with zero attached hydrogens (tertiary/aromatic N) is 3. The van der Waals surface area contributed by atoms with Crippen LogP contribution in [0.2, 0.25) is 5.02 Å². The van der Waals surface area contributed by atoms with Gasteiger partial charge in [0, 0.05) is 35.6 Å². The number of imidazole rings is 1. The van der Waals surface area contributed by atoms with Crippen molar-refractivity contribution in [3.05, 3.63) is 71.3 Å². The van der Waals surface area contributed by atoms with Crippen LogP contribution in [0.15, 0.2) is 54.9 Å². The molecular formula is C24H26ClN3O3. The van der Waals surface area contributed by atoms with E-state index >= 15 is 0 Å². The Labute approximate surface area is 187 Å². The second-order valence-electron chi connectivity index (χ2n) is 7.69. The Kier molecular flexibility index (Phi) is 6.59. The minimum absolute atomic E-state index is 0.0857. The van der Waals surface area contributed by atoms with Gasteiger partial charge in [-0.2, -0.15) is 0 Å². The van der Waals surface area contributed by atoms with Crippen LogP contribution in [0.1, 0.15) is 29.0 Å². The standard InChI is InChI=1S/C24H26ClN3O3/c1-30-20-8-6-19(7-9-20)28-13-11-26-23(28)16-27-12-3-4-17(15-27)24(29)21-14-18(25)5-10-22(21)31-2/h5-11,13-14,17H,3-4,12,15-16H2,1-2H3/t17-/m1/s1. The quantitative estimate of drug-likeness (QED) is 0.502. The van der Waals surface area contributed by atoms with Crippen LogP contribution in [0, 0.1) is 5.92 Å². The summed E-state index contributed by atoms with van der Waals surface area (Å²) < 4.78 is 12.7. The molecule has 0 unspecified atom stereocenters. The van der Waals surface area contributed by atoms with E-state index in [1.807, 2.05) is 36.7 Å². The van der Waals surface area contributed by atoms with Crippen LogP contribution in [0.25, 0.3) is 5.69 Å². The van der Waals surface area contributed by atoms with E-state index in [9.17, 15) is 4.79 Å². The van der Waals surface area contributed by atoms with Crippen molar-refractivity contribution in [1.82, 2.24) is 14.5 Å². The van der Waals surface area contributed by atoms with Gasteiger partial charge in [-0.1, -0.05) is 11.6 Å². The van der Waals surface area contributed by atoms with Crippen molar-refractivity contribution >= 4 is 17.4 Å². The summed E-state index contributed by atoms with van der Waals surface area (Å²) in [5, 5.41) is 0.540. The predicted octanol–water partition coefficient (Wildman–Crippen LogP) is 4.64. The number of hydrogen-bond donors (Lipinski definition) is 0. The topological polar surface area (TPSA) is 56.6 Å². The van der Waals surface area contributed by atoms with E-state index in [2.05, 4.69) is 14.5 Å². The molecule has 0 spiro atoms. The molecule has 0 amide bonds. The summed E-state index contributed by atoms with van der Waals surface area (Å²) in [7, 11) is 3.23. The summed E-state index contributed by atoms with van der Waals surface area (Å²) in [6, 6.07) is 13.1. The van der Waals surface area contributed by atoms with Crippen LogP contribution < -0.4 is 9.47 Å². The summed E-state index contributed by atoms with van der Waals surface area (Å²) in [6.07, 6.45) is 5.59. The van der Waals surface area contributed by atoms with Gasteiger partial charge < -0.3 is 14.0 Å². The fourth-order valence-electron chi connectivity index (χ4n) is 4.14. The van der Waals surface area contributed by atoms with Gasteiger partial charge in [0.05, 0.1) is 26.3 Å². The number of aromatic nitrogens is 2. The molecule has 0 N–H and O–H groups in total. The third-order valence-electron chi connectivity index (χ3n) is 5.74. The molecule has 1 atom stereocenters. The highest BCUT2D eigenvalue weighted by molar-refractivity contribution is 6.31. The third-order valence-corrected chi connectivity index (χ3v) is 5.97. The number of ketones is 1. The first-order valence-corrected chi connectivity index (χ1v) is 10.7. The Morgan fingerprint density at radius 3 is 2.71 bits per heavy atom. The van der Waals surface area contributed by atoms with E-state index in [4.69, 9.17) is 21.1 Å². The normalized spacial score (nSPS) is 16.8. The Bertz CT molecular complexity index is 1050. The Balaban J connectivity index is 1.48. The second kappa shape index (κ2) is 9.54. The molecule has 1 saturated heterocycles. The fraction of sp³-hybridized carbons (Fsp3) is 0.333. The zero-order valence-electron chi connectivity index (χ0n) is 17.8. The van der Waals surface area contributed by atoms with Gasteiger partial charge in [-0.3, -0.25) is 9.69 Å². The lowest BCUT2D eigenvalue weighted by molar-refractivity contribution is 0.0805. The number of likely N-dealkylation sites (tertiary alicyclic amines) is 1. The SMILES string of the molecule is COc1ccc(-n2ccnc2CN2CCC[C@@H](C(=O)c3cc(Cl)ccc3OC)C2)cc1. The van der Waals surface area contributed by atoms with Crippen molar-refractivity contribution in [2.24, 2.45) is 5.92 Å². The molecule has 2 heterocycles. The van der Waals surface area contributed by atoms with Crippen molar-refractivity contribution in [2.45, 2.75) is 19.4 Å². The molecule has 31 heavy (non-hydrogen) atoms. The van der Waals surface area contributed by atoms with E-state index in [0.717, 1.165) is 36.6 Å². The Morgan fingerprint density at radius 2 is 1.97 bits per heavy atom. The van der Waals surface area contributed by atoms with Gasteiger partial charge in [-0.25, -0.2) is 4.98 Å². The lowest BCUT2D eigenvalue weighted by Crippen LogP contribution is -2.38. The summed E-state index contributed by atoms with van der Waals surface area (Å²) in [4.78, 5) is 20.1. The molecule has 0 radical (unpaired) electrons. The molecule has 0 saturated carbocycles. The third kappa shape index (κ3) is 4.75. The monoisotopic (exact) mass is 439 g/mol. The summed E-state index contributed by atoms with van der Waals surface area (Å²) >= 11 is 6.14. The maximum atomic E-state index is 13.2. The maximum Gasteiger partial charge on any atom is 0.170 e. The van der Waals surface area contributed by atoms with Crippen LogP contribution in [0.4, 0.5) is 0 Å². The molecular weight excluding hydrogens is 414 g/mol. The van der Waals surface area contributed by atoms with Gasteiger partial charge in [-0.15, -0.1) is 0 Å². The molecule has 1 aromatic heterocycles. The highest BCUT2D eigenvalue weighted by atomic mass is 35.5. The highest BCUT2D eigenvalue weighted by Crippen LogP contribution is 2.29. The van der Waals surface area contributed by atoms with Gasteiger partial charge in [0.25, 0.3) is 0 Å². The van der Waals surface area contributed by atoms with Crippen molar-refractivity contribution in [2.75, 3.05) is 27.3 Å². The van der Waals surface area contributed by atoms with Gasteiger partial charge in [0.2, 0.25) is 0 Å². The van der Waals surface area contributed by atoms with Crippen LogP contribution in [0.3, 0.4) is 0 Å². The van der Waals surface area contributed by atoms with Crippen molar-refractivity contribution in [3.63, 3.8) is 0 Å². The molecule has 2 aromatic carbocycles. The highest BCUT2D eigenvalue weighted by Gasteiger charge is 2.29. The first kappa shape index (κ1) is 21.4. The first-order valence-electron chi connectivity index (χ1n) is 10.4.